The van der Waals surface area contributed by atoms with Gasteiger partial charge < -0.3 is 9.47 Å². The Morgan fingerprint density at radius 1 is 1.07 bits per heavy atom. The van der Waals surface area contributed by atoms with Gasteiger partial charge in [0.2, 0.25) is 0 Å². The molecule has 1 fully saturated rings. The standard InChI is InChI=1S/C21H21NO3S2/c1-14-4-6-15(7-5-14)13-19-20(23)22(21(26)27-19)11-10-16-8-9-17(24-2)18(12-16)25-3/h4-9,12-13H,10-11H2,1-3H3/b19-13+. The smallest absolute Gasteiger partial charge is 0.266 e. The minimum absolute atomic E-state index is 0.0361. The van der Waals surface area contributed by atoms with Crippen LogP contribution >= 0.6 is 24.0 Å². The third-order valence-corrected chi connectivity index (χ3v) is 5.70. The van der Waals surface area contributed by atoms with Crippen LogP contribution in [0.15, 0.2) is 47.4 Å². The van der Waals surface area contributed by atoms with Crippen molar-refractivity contribution in [3.8, 4) is 11.5 Å². The molecule has 1 saturated heterocycles. The fourth-order valence-corrected chi connectivity index (χ4v) is 4.09. The molecule has 2 aromatic carbocycles. The summed E-state index contributed by atoms with van der Waals surface area (Å²) in [4.78, 5) is 15.1. The number of methoxy groups -OCH3 is 2. The molecule has 27 heavy (non-hydrogen) atoms. The normalized spacial score (nSPS) is 15.5. The molecule has 0 saturated carbocycles. The largest absolute Gasteiger partial charge is 0.493 e. The number of carbonyl (C=O) groups is 1. The zero-order valence-corrected chi connectivity index (χ0v) is 17.2. The van der Waals surface area contributed by atoms with Gasteiger partial charge in [-0.1, -0.05) is 59.9 Å². The highest BCUT2D eigenvalue weighted by Gasteiger charge is 2.31. The van der Waals surface area contributed by atoms with Crippen molar-refractivity contribution in [2.45, 2.75) is 13.3 Å². The molecule has 0 atom stereocenters. The summed E-state index contributed by atoms with van der Waals surface area (Å²) >= 11 is 6.77. The van der Waals surface area contributed by atoms with E-state index in [1.807, 2.05) is 55.5 Å². The van der Waals surface area contributed by atoms with E-state index in [2.05, 4.69) is 0 Å². The number of aryl methyl sites for hydroxylation is 1. The van der Waals surface area contributed by atoms with E-state index in [-0.39, 0.29) is 5.91 Å². The number of hydrogen-bond acceptors (Lipinski definition) is 5. The predicted octanol–water partition coefficient (Wildman–Crippen LogP) is 4.46. The number of thiocarbonyl (C=S) groups is 1. The van der Waals surface area contributed by atoms with Crippen molar-refractivity contribution >= 4 is 40.3 Å². The van der Waals surface area contributed by atoms with Crippen LogP contribution in [-0.2, 0) is 11.2 Å². The van der Waals surface area contributed by atoms with Crippen molar-refractivity contribution < 1.29 is 14.3 Å². The number of thioether (sulfide) groups is 1. The lowest BCUT2D eigenvalue weighted by atomic mass is 10.1. The molecule has 1 aliphatic rings. The molecule has 4 nitrogen and oxygen atoms in total. The zero-order chi connectivity index (χ0) is 19.4. The molecule has 2 aromatic rings. The van der Waals surface area contributed by atoms with Crippen LogP contribution < -0.4 is 9.47 Å². The van der Waals surface area contributed by atoms with Crippen molar-refractivity contribution in [3.63, 3.8) is 0 Å². The van der Waals surface area contributed by atoms with Crippen LogP contribution in [-0.4, -0.2) is 35.9 Å². The lowest BCUT2D eigenvalue weighted by Gasteiger charge is -2.15. The highest BCUT2D eigenvalue weighted by Crippen LogP contribution is 2.33. The Morgan fingerprint density at radius 3 is 2.44 bits per heavy atom. The van der Waals surface area contributed by atoms with Gasteiger partial charge in [0, 0.05) is 6.54 Å². The molecule has 0 aliphatic carbocycles. The zero-order valence-electron chi connectivity index (χ0n) is 15.5. The molecule has 0 N–H and O–H groups in total. The molecule has 0 radical (unpaired) electrons. The SMILES string of the molecule is COc1ccc(CCN2C(=O)/C(=C\c3ccc(C)cc3)SC2=S)cc1OC. The first-order chi connectivity index (χ1) is 13.0. The van der Waals surface area contributed by atoms with E-state index in [0.717, 1.165) is 11.1 Å². The monoisotopic (exact) mass is 399 g/mol. The molecule has 0 bridgehead atoms. The van der Waals surface area contributed by atoms with Crippen LogP contribution in [0.3, 0.4) is 0 Å². The molecule has 0 spiro atoms. The number of amides is 1. The minimum Gasteiger partial charge on any atom is -0.493 e. The Balaban J connectivity index is 1.70. The van der Waals surface area contributed by atoms with Gasteiger partial charge in [-0.3, -0.25) is 9.69 Å². The van der Waals surface area contributed by atoms with Crippen LogP contribution in [0.5, 0.6) is 11.5 Å². The first-order valence-electron chi connectivity index (χ1n) is 8.54. The van der Waals surface area contributed by atoms with Gasteiger partial charge in [-0.2, -0.15) is 0 Å². The second-order valence-corrected chi connectivity index (χ2v) is 7.86. The number of nitrogens with zero attached hydrogens (tertiary/aromatic N) is 1. The maximum absolute atomic E-state index is 12.7. The summed E-state index contributed by atoms with van der Waals surface area (Å²) in [6.45, 7) is 2.57. The molecule has 3 rings (SSSR count). The number of ether oxygens (including phenoxy) is 2. The Labute approximate surface area is 169 Å². The third kappa shape index (κ3) is 4.51. The second-order valence-electron chi connectivity index (χ2n) is 6.18. The minimum atomic E-state index is -0.0361. The van der Waals surface area contributed by atoms with Crippen LogP contribution in [0.2, 0.25) is 0 Å². The van der Waals surface area contributed by atoms with E-state index >= 15 is 0 Å². The number of carbonyl (C=O) groups excluding carboxylic acids is 1. The van der Waals surface area contributed by atoms with Crippen molar-refractivity contribution in [3.05, 3.63) is 64.1 Å². The van der Waals surface area contributed by atoms with Crippen molar-refractivity contribution in [2.24, 2.45) is 0 Å². The quantitative estimate of drug-likeness (QED) is 0.530. The lowest BCUT2D eigenvalue weighted by molar-refractivity contribution is -0.122. The van der Waals surface area contributed by atoms with Gasteiger partial charge in [-0.15, -0.1) is 0 Å². The van der Waals surface area contributed by atoms with Crippen LogP contribution in [0.1, 0.15) is 16.7 Å². The molecule has 1 aliphatic heterocycles. The van der Waals surface area contributed by atoms with Gasteiger partial charge in [0.05, 0.1) is 19.1 Å². The second kappa shape index (κ2) is 8.59. The summed E-state index contributed by atoms with van der Waals surface area (Å²) < 4.78 is 11.2. The Bertz CT molecular complexity index is 891. The van der Waals surface area contributed by atoms with Crippen LogP contribution in [0.4, 0.5) is 0 Å². The summed E-state index contributed by atoms with van der Waals surface area (Å²) in [6.07, 6.45) is 2.58. The summed E-state index contributed by atoms with van der Waals surface area (Å²) in [5, 5.41) is 0. The maximum Gasteiger partial charge on any atom is 0.266 e. The van der Waals surface area contributed by atoms with Gasteiger partial charge in [-0.25, -0.2) is 0 Å². The molecule has 0 unspecified atom stereocenters. The van der Waals surface area contributed by atoms with Crippen molar-refractivity contribution in [1.82, 2.24) is 4.90 Å². The first-order valence-corrected chi connectivity index (χ1v) is 9.77. The van der Waals surface area contributed by atoms with Crippen LogP contribution in [0, 0.1) is 6.92 Å². The predicted molar refractivity (Wildman–Crippen MR) is 114 cm³/mol. The Hall–Kier alpha value is -2.31. The summed E-state index contributed by atoms with van der Waals surface area (Å²) in [7, 11) is 3.22. The molecular weight excluding hydrogens is 378 g/mol. The van der Waals surface area contributed by atoms with E-state index in [1.54, 1.807) is 19.1 Å². The van der Waals surface area contributed by atoms with Gasteiger partial charge in [0.25, 0.3) is 5.91 Å². The number of rotatable bonds is 6. The average molecular weight is 400 g/mol. The molecule has 0 aromatic heterocycles. The van der Waals surface area contributed by atoms with Crippen LogP contribution in [0.25, 0.3) is 6.08 Å². The topological polar surface area (TPSA) is 38.8 Å². The molecular formula is C21H21NO3S2. The third-order valence-electron chi connectivity index (χ3n) is 4.32. The fourth-order valence-electron chi connectivity index (χ4n) is 2.78. The first kappa shape index (κ1) is 19.5. The summed E-state index contributed by atoms with van der Waals surface area (Å²) in [6, 6.07) is 13.8. The van der Waals surface area contributed by atoms with E-state index in [4.69, 9.17) is 21.7 Å². The van der Waals surface area contributed by atoms with Gasteiger partial charge in [0.1, 0.15) is 4.32 Å². The van der Waals surface area contributed by atoms with Crippen molar-refractivity contribution in [2.75, 3.05) is 20.8 Å². The number of benzene rings is 2. The summed E-state index contributed by atoms with van der Waals surface area (Å²) in [5.41, 5.74) is 3.25. The molecule has 1 heterocycles. The van der Waals surface area contributed by atoms with Gasteiger partial charge in [-0.05, 0) is 42.7 Å². The molecule has 140 valence electrons. The highest BCUT2D eigenvalue weighted by atomic mass is 32.2. The highest BCUT2D eigenvalue weighted by molar-refractivity contribution is 8.26. The van der Waals surface area contributed by atoms with Gasteiger partial charge in [0.15, 0.2) is 11.5 Å². The Morgan fingerprint density at radius 2 is 1.78 bits per heavy atom. The van der Waals surface area contributed by atoms with E-state index in [1.165, 1.54) is 17.3 Å². The molecule has 1 amide bonds. The number of hydrogen-bond donors (Lipinski definition) is 0. The average Bonchev–Trinajstić information content (AvgIpc) is 2.94. The van der Waals surface area contributed by atoms with E-state index in [0.29, 0.717) is 33.7 Å². The van der Waals surface area contributed by atoms with Gasteiger partial charge >= 0.3 is 0 Å². The van der Waals surface area contributed by atoms with Crippen molar-refractivity contribution in [1.29, 1.82) is 0 Å². The molecule has 6 heteroatoms. The maximum atomic E-state index is 12.7. The Kier molecular flexibility index (Phi) is 6.19. The van der Waals surface area contributed by atoms with E-state index < -0.39 is 0 Å². The summed E-state index contributed by atoms with van der Waals surface area (Å²) in [5.74, 6) is 1.33. The lowest BCUT2D eigenvalue weighted by Crippen LogP contribution is -2.30. The van der Waals surface area contributed by atoms with E-state index in [9.17, 15) is 4.79 Å². The fraction of sp³-hybridized carbons (Fsp3) is 0.238.